The highest BCUT2D eigenvalue weighted by Crippen LogP contribution is 2.46. The van der Waals surface area contributed by atoms with E-state index >= 15 is 0 Å². The molecule has 1 aliphatic carbocycles. The fourth-order valence-corrected chi connectivity index (χ4v) is 2.62. The Bertz CT molecular complexity index is 515. The minimum atomic E-state index is -0.966. The van der Waals surface area contributed by atoms with Crippen molar-refractivity contribution in [3.8, 4) is 0 Å². The summed E-state index contributed by atoms with van der Waals surface area (Å²) in [6.45, 7) is 0.994. The summed E-state index contributed by atoms with van der Waals surface area (Å²) < 4.78 is 0.237. The van der Waals surface area contributed by atoms with Gasteiger partial charge in [-0.05, 0) is 36.8 Å². The van der Waals surface area contributed by atoms with Gasteiger partial charge in [-0.25, -0.2) is 9.59 Å². The SMILES string of the molecule is CSC1(CNC(=O)NCc2cccc(C(=O)O)c2)CC1. The smallest absolute Gasteiger partial charge is 0.335 e. The number of carboxylic acid groups (broad SMARTS) is 1. The van der Waals surface area contributed by atoms with Crippen molar-refractivity contribution in [3.05, 3.63) is 35.4 Å². The first-order chi connectivity index (χ1) is 9.54. The molecule has 0 unspecified atom stereocenters. The first-order valence-corrected chi connectivity index (χ1v) is 7.66. The molecule has 0 spiro atoms. The molecule has 1 aliphatic rings. The van der Waals surface area contributed by atoms with Crippen LogP contribution in [0.3, 0.4) is 0 Å². The fourth-order valence-electron chi connectivity index (χ4n) is 1.89. The summed E-state index contributed by atoms with van der Waals surface area (Å²) in [6.07, 6.45) is 4.36. The molecule has 0 aromatic heterocycles. The summed E-state index contributed by atoms with van der Waals surface area (Å²) in [5.74, 6) is -0.966. The molecule has 0 bridgehead atoms. The number of nitrogens with one attached hydrogen (secondary N) is 2. The van der Waals surface area contributed by atoms with E-state index in [1.165, 1.54) is 6.07 Å². The van der Waals surface area contributed by atoms with Gasteiger partial charge >= 0.3 is 12.0 Å². The molecule has 2 rings (SSSR count). The number of hydrogen-bond acceptors (Lipinski definition) is 3. The molecule has 0 radical (unpaired) electrons. The second-order valence-electron chi connectivity index (χ2n) is 4.93. The van der Waals surface area contributed by atoms with Crippen molar-refractivity contribution in [1.29, 1.82) is 0 Å². The lowest BCUT2D eigenvalue weighted by atomic mass is 10.1. The molecule has 0 saturated heterocycles. The summed E-state index contributed by atoms with van der Waals surface area (Å²) in [5, 5.41) is 14.5. The van der Waals surface area contributed by atoms with Crippen molar-refractivity contribution in [2.75, 3.05) is 12.8 Å². The Morgan fingerprint density at radius 3 is 2.70 bits per heavy atom. The van der Waals surface area contributed by atoms with Crippen LogP contribution in [0.1, 0.15) is 28.8 Å². The van der Waals surface area contributed by atoms with Gasteiger partial charge in [-0.15, -0.1) is 0 Å². The highest BCUT2D eigenvalue weighted by Gasteiger charge is 2.41. The van der Waals surface area contributed by atoms with E-state index in [0.717, 1.165) is 18.4 Å². The number of carbonyl (C=O) groups excluding carboxylic acids is 1. The zero-order chi connectivity index (χ0) is 14.6. The number of carboxylic acids is 1. The van der Waals surface area contributed by atoms with E-state index in [2.05, 4.69) is 16.9 Å². The number of rotatable bonds is 6. The van der Waals surface area contributed by atoms with Crippen LogP contribution in [-0.4, -0.2) is 34.7 Å². The lowest BCUT2D eigenvalue weighted by Gasteiger charge is -2.13. The number of urea groups is 1. The van der Waals surface area contributed by atoms with Crippen molar-refractivity contribution in [1.82, 2.24) is 10.6 Å². The summed E-state index contributed by atoms with van der Waals surface area (Å²) in [6, 6.07) is 6.34. The Kier molecular flexibility index (Phi) is 4.54. The van der Waals surface area contributed by atoms with Gasteiger partial charge in [0.15, 0.2) is 0 Å². The number of hydrogen-bond donors (Lipinski definition) is 3. The lowest BCUT2D eigenvalue weighted by molar-refractivity contribution is 0.0696. The fraction of sp³-hybridized carbons (Fsp3) is 0.429. The van der Waals surface area contributed by atoms with Crippen molar-refractivity contribution < 1.29 is 14.7 Å². The van der Waals surface area contributed by atoms with Gasteiger partial charge in [-0.3, -0.25) is 0 Å². The third-order valence-electron chi connectivity index (χ3n) is 3.44. The van der Waals surface area contributed by atoms with Crippen molar-refractivity contribution in [2.24, 2.45) is 0 Å². The molecule has 20 heavy (non-hydrogen) atoms. The van der Waals surface area contributed by atoms with Gasteiger partial charge in [0.05, 0.1) is 5.56 Å². The molecule has 6 heteroatoms. The third-order valence-corrected chi connectivity index (χ3v) is 4.86. The van der Waals surface area contributed by atoms with E-state index in [0.29, 0.717) is 13.1 Å². The van der Waals surface area contributed by atoms with Crippen LogP contribution in [0.4, 0.5) is 4.79 Å². The largest absolute Gasteiger partial charge is 0.478 e. The maximum Gasteiger partial charge on any atom is 0.335 e. The van der Waals surface area contributed by atoms with Gasteiger partial charge in [0.1, 0.15) is 0 Å². The Balaban J connectivity index is 1.78. The minimum Gasteiger partial charge on any atom is -0.478 e. The van der Waals surface area contributed by atoms with E-state index in [9.17, 15) is 9.59 Å². The van der Waals surface area contributed by atoms with E-state index < -0.39 is 5.97 Å². The molecule has 1 fully saturated rings. The van der Waals surface area contributed by atoms with Gasteiger partial charge in [0.25, 0.3) is 0 Å². The zero-order valence-corrected chi connectivity index (χ0v) is 12.1. The Morgan fingerprint density at radius 1 is 1.35 bits per heavy atom. The molecule has 3 N–H and O–H groups in total. The average Bonchev–Trinajstić information content (AvgIpc) is 3.24. The summed E-state index contributed by atoms with van der Waals surface area (Å²) in [4.78, 5) is 22.5. The summed E-state index contributed by atoms with van der Waals surface area (Å²) >= 11 is 1.79. The average molecular weight is 294 g/mol. The third kappa shape index (κ3) is 3.90. The zero-order valence-electron chi connectivity index (χ0n) is 11.3. The van der Waals surface area contributed by atoms with Gasteiger partial charge in [-0.1, -0.05) is 12.1 Å². The lowest BCUT2D eigenvalue weighted by Crippen LogP contribution is -2.39. The van der Waals surface area contributed by atoms with Crippen LogP contribution in [0, 0.1) is 0 Å². The second-order valence-corrected chi connectivity index (χ2v) is 6.20. The highest BCUT2D eigenvalue weighted by molar-refractivity contribution is 8.00. The molecule has 0 aliphatic heterocycles. The maximum atomic E-state index is 11.7. The van der Waals surface area contributed by atoms with Crippen molar-refractivity contribution in [2.45, 2.75) is 24.1 Å². The van der Waals surface area contributed by atoms with Crippen LogP contribution in [0.2, 0.25) is 0 Å². The topological polar surface area (TPSA) is 78.4 Å². The molecule has 108 valence electrons. The number of thioether (sulfide) groups is 1. The number of aromatic carboxylic acids is 1. The van der Waals surface area contributed by atoms with E-state index in [1.807, 2.05) is 0 Å². The predicted molar refractivity (Wildman–Crippen MR) is 79.1 cm³/mol. The van der Waals surface area contributed by atoms with Crippen LogP contribution in [0.15, 0.2) is 24.3 Å². The summed E-state index contributed by atoms with van der Waals surface area (Å²) in [7, 11) is 0. The molecule has 0 atom stereocenters. The Morgan fingerprint density at radius 2 is 2.10 bits per heavy atom. The molecular weight excluding hydrogens is 276 g/mol. The first-order valence-electron chi connectivity index (χ1n) is 6.44. The second kappa shape index (κ2) is 6.17. The number of amides is 2. The van der Waals surface area contributed by atoms with Gasteiger partial charge in [-0.2, -0.15) is 11.8 Å². The molecule has 1 saturated carbocycles. The Hall–Kier alpha value is -1.69. The van der Waals surface area contributed by atoms with Crippen LogP contribution >= 0.6 is 11.8 Å². The first kappa shape index (κ1) is 14.7. The van der Waals surface area contributed by atoms with Gasteiger partial charge in [0.2, 0.25) is 0 Å². The standard InChI is InChI=1S/C14H18N2O3S/c1-20-14(5-6-14)9-16-13(19)15-8-10-3-2-4-11(7-10)12(17)18/h2-4,7H,5-6,8-9H2,1H3,(H,17,18)(H2,15,16,19). The molecule has 1 aromatic carbocycles. The maximum absolute atomic E-state index is 11.7. The quantitative estimate of drug-likeness (QED) is 0.750. The predicted octanol–water partition coefficient (Wildman–Crippen LogP) is 2.08. The molecule has 2 amide bonds. The van der Waals surface area contributed by atoms with Crippen LogP contribution in [-0.2, 0) is 6.54 Å². The van der Waals surface area contributed by atoms with E-state index in [4.69, 9.17) is 5.11 Å². The van der Waals surface area contributed by atoms with Crippen LogP contribution < -0.4 is 10.6 Å². The normalized spacial score (nSPS) is 15.4. The van der Waals surface area contributed by atoms with E-state index in [-0.39, 0.29) is 16.3 Å². The molecule has 1 aromatic rings. The number of benzene rings is 1. The summed E-state index contributed by atoms with van der Waals surface area (Å²) in [5.41, 5.74) is 0.995. The molecular formula is C14H18N2O3S. The van der Waals surface area contributed by atoms with Gasteiger partial charge in [0, 0.05) is 17.8 Å². The highest BCUT2D eigenvalue weighted by atomic mass is 32.2. The molecule has 0 heterocycles. The van der Waals surface area contributed by atoms with Crippen LogP contribution in [0.25, 0.3) is 0 Å². The van der Waals surface area contributed by atoms with Crippen molar-refractivity contribution in [3.63, 3.8) is 0 Å². The molecule has 5 nitrogen and oxygen atoms in total. The number of carbonyl (C=O) groups is 2. The van der Waals surface area contributed by atoms with E-state index in [1.54, 1.807) is 30.0 Å². The minimum absolute atomic E-state index is 0.217. The van der Waals surface area contributed by atoms with Gasteiger partial charge < -0.3 is 15.7 Å². The van der Waals surface area contributed by atoms with Crippen LogP contribution in [0.5, 0.6) is 0 Å². The monoisotopic (exact) mass is 294 g/mol. The Labute approximate surface area is 122 Å². The van der Waals surface area contributed by atoms with Crippen molar-refractivity contribution >= 4 is 23.8 Å².